The highest BCUT2D eigenvalue weighted by molar-refractivity contribution is 6.12. The van der Waals surface area contributed by atoms with Gasteiger partial charge in [0.15, 0.2) is 5.78 Å². The lowest BCUT2D eigenvalue weighted by Crippen LogP contribution is -2.33. The third kappa shape index (κ3) is 2.89. The zero-order valence-corrected chi connectivity index (χ0v) is 18.5. The van der Waals surface area contributed by atoms with Gasteiger partial charge in [0.2, 0.25) is 0 Å². The summed E-state index contributed by atoms with van der Waals surface area (Å²) in [5.41, 5.74) is 9.58. The smallest absolute Gasteiger partial charge is 0.162 e. The van der Waals surface area contributed by atoms with Crippen molar-refractivity contribution in [1.29, 1.82) is 0 Å². The molecule has 0 saturated carbocycles. The number of hydrogen-bond donors (Lipinski definition) is 1. The highest BCUT2D eigenvalue weighted by Gasteiger charge is 2.41. The Bertz CT molecular complexity index is 1240. The van der Waals surface area contributed by atoms with Gasteiger partial charge in [-0.05, 0) is 77.3 Å². The van der Waals surface area contributed by atoms with Crippen molar-refractivity contribution in [3.63, 3.8) is 0 Å². The molecule has 2 heteroatoms. The maximum absolute atomic E-state index is 13.5. The van der Waals surface area contributed by atoms with Crippen LogP contribution in [0.4, 0.5) is 5.69 Å². The van der Waals surface area contributed by atoms with E-state index in [0.29, 0.717) is 6.42 Å². The van der Waals surface area contributed by atoms with Gasteiger partial charge < -0.3 is 5.32 Å². The Balaban J connectivity index is 1.82. The van der Waals surface area contributed by atoms with Gasteiger partial charge in [-0.25, -0.2) is 0 Å². The summed E-state index contributed by atoms with van der Waals surface area (Å²) in [7, 11) is 0. The molecule has 1 aliphatic carbocycles. The SMILES string of the molecule is Cc1cc(C)c([C@H]2Nc3ccc4ccccc4c3C3=C2C(=O)CC(C)(C)C3)cc1C. The first-order valence-corrected chi connectivity index (χ1v) is 10.9. The van der Waals surface area contributed by atoms with Crippen molar-refractivity contribution in [3.8, 4) is 0 Å². The molecule has 0 spiro atoms. The van der Waals surface area contributed by atoms with Crippen LogP contribution in [0.25, 0.3) is 16.3 Å². The van der Waals surface area contributed by atoms with E-state index in [0.717, 1.165) is 17.7 Å². The molecule has 0 amide bonds. The summed E-state index contributed by atoms with van der Waals surface area (Å²) in [5.74, 6) is 0.287. The minimum absolute atomic E-state index is 0.0236. The van der Waals surface area contributed by atoms with Crippen LogP contribution in [0.2, 0.25) is 0 Å². The van der Waals surface area contributed by atoms with Crippen LogP contribution in [-0.2, 0) is 4.79 Å². The van der Waals surface area contributed by atoms with Crippen LogP contribution in [0.15, 0.2) is 54.1 Å². The number of fused-ring (bicyclic) bond motifs is 4. The first kappa shape index (κ1) is 19.1. The van der Waals surface area contributed by atoms with E-state index in [1.807, 2.05) is 0 Å². The Morgan fingerprint density at radius 2 is 1.63 bits per heavy atom. The molecule has 5 rings (SSSR count). The molecule has 0 saturated heterocycles. The van der Waals surface area contributed by atoms with Crippen LogP contribution in [-0.4, -0.2) is 5.78 Å². The Morgan fingerprint density at radius 1 is 0.900 bits per heavy atom. The summed E-state index contributed by atoms with van der Waals surface area (Å²) in [4.78, 5) is 13.5. The van der Waals surface area contributed by atoms with E-state index in [-0.39, 0.29) is 17.2 Å². The van der Waals surface area contributed by atoms with Crippen molar-refractivity contribution in [1.82, 2.24) is 0 Å². The highest BCUT2D eigenvalue weighted by atomic mass is 16.1. The van der Waals surface area contributed by atoms with Crippen LogP contribution < -0.4 is 5.32 Å². The second kappa shape index (κ2) is 6.57. The molecule has 30 heavy (non-hydrogen) atoms. The number of rotatable bonds is 1. The number of nitrogens with one attached hydrogen (secondary N) is 1. The largest absolute Gasteiger partial charge is 0.373 e. The molecule has 1 aliphatic heterocycles. The first-order chi connectivity index (χ1) is 14.2. The van der Waals surface area contributed by atoms with Gasteiger partial charge in [-0.1, -0.05) is 56.3 Å². The van der Waals surface area contributed by atoms with Crippen molar-refractivity contribution in [2.24, 2.45) is 5.41 Å². The Morgan fingerprint density at radius 3 is 2.43 bits per heavy atom. The average molecular weight is 396 g/mol. The number of aryl methyl sites for hydroxylation is 3. The van der Waals surface area contributed by atoms with Crippen LogP contribution >= 0.6 is 0 Å². The lowest BCUT2D eigenvalue weighted by molar-refractivity contribution is -0.118. The molecule has 0 bridgehead atoms. The minimum atomic E-state index is -0.0865. The van der Waals surface area contributed by atoms with Crippen molar-refractivity contribution in [2.75, 3.05) is 5.32 Å². The quantitative estimate of drug-likeness (QED) is 0.477. The summed E-state index contributed by atoms with van der Waals surface area (Å²) < 4.78 is 0. The summed E-state index contributed by atoms with van der Waals surface area (Å²) in [6.45, 7) is 10.9. The first-order valence-electron chi connectivity index (χ1n) is 10.9. The number of carbonyl (C=O) groups is 1. The number of benzene rings is 3. The average Bonchev–Trinajstić information content (AvgIpc) is 2.68. The molecule has 2 nitrogen and oxygen atoms in total. The van der Waals surface area contributed by atoms with Crippen molar-refractivity contribution in [3.05, 3.63) is 81.9 Å². The zero-order valence-electron chi connectivity index (χ0n) is 18.5. The van der Waals surface area contributed by atoms with Gasteiger partial charge in [0.1, 0.15) is 0 Å². The molecule has 1 heterocycles. The standard InChI is InChI=1S/C28H29NO/c1-16-12-18(3)21(13-17(16)2)27-26-22(14-28(4,5)15-24(26)30)25-20-9-7-6-8-19(20)10-11-23(25)29-27/h6-13,27,29H,14-15H2,1-5H3/t27-/m1/s1. The van der Waals surface area contributed by atoms with E-state index in [2.05, 4.69) is 88.5 Å². The fourth-order valence-corrected chi connectivity index (χ4v) is 5.36. The van der Waals surface area contributed by atoms with Crippen molar-refractivity contribution < 1.29 is 4.79 Å². The summed E-state index contributed by atoms with van der Waals surface area (Å²) in [6.07, 6.45) is 1.53. The van der Waals surface area contributed by atoms with E-state index in [1.165, 1.54) is 44.2 Å². The van der Waals surface area contributed by atoms with Gasteiger partial charge in [0.25, 0.3) is 0 Å². The number of allylic oxidation sites excluding steroid dienone is 1. The van der Waals surface area contributed by atoms with Gasteiger partial charge >= 0.3 is 0 Å². The molecule has 152 valence electrons. The monoisotopic (exact) mass is 395 g/mol. The number of Topliss-reactive ketones (excluding diaryl/α,β-unsaturated/α-hetero) is 1. The van der Waals surface area contributed by atoms with E-state index in [4.69, 9.17) is 0 Å². The summed E-state index contributed by atoms with van der Waals surface area (Å²) in [5, 5.41) is 6.23. The highest BCUT2D eigenvalue weighted by Crippen LogP contribution is 2.52. The molecular formula is C28H29NO. The normalized spacial score (nSPS) is 20.0. The minimum Gasteiger partial charge on any atom is -0.373 e. The number of anilines is 1. The molecule has 2 aliphatic rings. The number of carbonyl (C=O) groups excluding carboxylic acids is 1. The third-order valence-corrected chi connectivity index (χ3v) is 6.93. The van der Waals surface area contributed by atoms with Gasteiger partial charge in [-0.2, -0.15) is 0 Å². The van der Waals surface area contributed by atoms with Gasteiger partial charge in [0.05, 0.1) is 6.04 Å². The Kier molecular flexibility index (Phi) is 4.18. The molecule has 1 atom stereocenters. The summed E-state index contributed by atoms with van der Waals surface area (Å²) >= 11 is 0. The van der Waals surface area contributed by atoms with Gasteiger partial charge in [-0.15, -0.1) is 0 Å². The maximum Gasteiger partial charge on any atom is 0.162 e. The van der Waals surface area contributed by atoms with Crippen LogP contribution in [0.5, 0.6) is 0 Å². The van der Waals surface area contributed by atoms with Gasteiger partial charge in [-0.3, -0.25) is 4.79 Å². The maximum atomic E-state index is 13.5. The second-order valence-corrected chi connectivity index (χ2v) is 9.91. The van der Waals surface area contributed by atoms with E-state index >= 15 is 0 Å². The van der Waals surface area contributed by atoms with Crippen molar-refractivity contribution in [2.45, 2.75) is 53.5 Å². The lowest BCUT2D eigenvalue weighted by atomic mass is 9.67. The second-order valence-electron chi connectivity index (χ2n) is 9.91. The van der Waals surface area contributed by atoms with Gasteiger partial charge in [0, 0.05) is 23.2 Å². The zero-order chi connectivity index (χ0) is 21.2. The summed E-state index contributed by atoms with van der Waals surface area (Å²) in [6, 6.07) is 17.3. The van der Waals surface area contributed by atoms with Crippen molar-refractivity contribution >= 4 is 27.8 Å². The topological polar surface area (TPSA) is 29.1 Å². The molecular weight excluding hydrogens is 366 g/mol. The lowest BCUT2D eigenvalue weighted by Gasteiger charge is -2.40. The van der Waals surface area contributed by atoms with Crippen LogP contribution in [0.3, 0.4) is 0 Å². The predicted molar refractivity (Wildman–Crippen MR) is 126 cm³/mol. The molecule has 0 radical (unpaired) electrons. The van der Waals surface area contributed by atoms with E-state index < -0.39 is 0 Å². The Hall–Kier alpha value is -2.87. The van der Waals surface area contributed by atoms with E-state index in [1.54, 1.807) is 0 Å². The molecule has 0 unspecified atom stereocenters. The molecule has 0 aromatic heterocycles. The Labute approximate surface area is 179 Å². The molecule has 1 N–H and O–H groups in total. The predicted octanol–water partition coefficient (Wildman–Crippen LogP) is 7.07. The molecule has 3 aromatic rings. The number of ketones is 1. The number of hydrogen-bond acceptors (Lipinski definition) is 2. The fraction of sp³-hybridized carbons (Fsp3) is 0.321. The molecule has 3 aromatic carbocycles. The van der Waals surface area contributed by atoms with Crippen LogP contribution in [0, 0.1) is 26.2 Å². The fourth-order valence-electron chi connectivity index (χ4n) is 5.36. The van der Waals surface area contributed by atoms with Crippen LogP contribution in [0.1, 0.15) is 60.5 Å². The third-order valence-electron chi connectivity index (χ3n) is 6.93. The molecule has 0 fully saturated rings. The van der Waals surface area contributed by atoms with E-state index in [9.17, 15) is 4.79 Å².